The largest absolute Gasteiger partial charge is 0.276 e. The monoisotopic (exact) mass is 129 g/mol. The minimum atomic E-state index is -0.541. The van der Waals surface area contributed by atoms with Crippen molar-refractivity contribution in [3.63, 3.8) is 0 Å². The Labute approximate surface area is 52.4 Å². The number of carbonyl (C=O) groups excluding carboxylic acids is 1. The SMILES string of the molecule is N#CCC=CC(=O)Cl. The molecule has 0 aliphatic carbocycles. The van der Waals surface area contributed by atoms with Gasteiger partial charge in [-0.05, 0) is 17.7 Å². The lowest BCUT2D eigenvalue weighted by molar-refractivity contribution is -0.107. The summed E-state index contributed by atoms with van der Waals surface area (Å²) in [4.78, 5) is 9.89. The van der Waals surface area contributed by atoms with Gasteiger partial charge in [0, 0.05) is 0 Å². The van der Waals surface area contributed by atoms with Crippen LogP contribution in [-0.4, -0.2) is 5.24 Å². The Morgan fingerprint density at radius 2 is 2.50 bits per heavy atom. The normalized spacial score (nSPS) is 9.00. The van der Waals surface area contributed by atoms with Crippen LogP contribution in [0.1, 0.15) is 6.42 Å². The van der Waals surface area contributed by atoms with E-state index < -0.39 is 5.24 Å². The molecule has 0 fully saturated rings. The van der Waals surface area contributed by atoms with Gasteiger partial charge in [0.25, 0.3) is 0 Å². The lowest BCUT2D eigenvalue weighted by Crippen LogP contribution is -1.72. The third kappa shape index (κ3) is 5.19. The molecular formula is C5H4ClNO. The highest BCUT2D eigenvalue weighted by molar-refractivity contribution is 6.66. The second kappa shape index (κ2) is 4.35. The van der Waals surface area contributed by atoms with Gasteiger partial charge in [0.05, 0.1) is 12.5 Å². The first-order chi connectivity index (χ1) is 3.77. The van der Waals surface area contributed by atoms with Gasteiger partial charge < -0.3 is 0 Å². The van der Waals surface area contributed by atoms with Gasteiger partial charge in [-0.2, -0.15) is 5.26 Å². The van der Waals surface area contributed by atoms with E-state index in [1.807, 2.05) is 6.07 Å². The first kappa shape index (κ1) is 7.19. The summed E-state index contributed by atoms with van der Waals surface area (Å²) in [5, 5.41) is 7.38. The molecule has 0 N–H and O–H groups in total. The van der Waals surface area contributed by atoms with E-state index in [2.05, 4.69) is 0 Å². The van der Waals surface area contributed by atoms with Gasteiger partial charge >= 0.3 is 0 Å². The number of nitrogens with zero attached hydrogens (tertiary/aromatic N) is 1. The quantitative estimate of drug-likeness (QED) is 0.416. The number of hydrogen-bond donors (Lipinski definition) is 0. The standard InChI is InChI=1S/C5H4ClNO/c6-5(8)3-1-2-4-7/h1,3H,2H2. The van der Waals surface area contributed by atoms with Gasteiger partial charge in [0.15, 0.2) is 0 Å². The van der Waals surface area contributed by atoms with Crippen molar-refractivity contribution in [1.29, 1.82) is 5.26 Å². The molecule has 2 nitrogen and oxygen atoms in total. The predicted octanol–water partition coefficient (Wildman–Crippen LogP) is 1.22. The summed E-state index contributed by atoms with van der Waals surface area (Å²) in [6.07, 6.45) is 2.80. The molecule has 0 heterocycles. The molecule has 42 valence electrons. The van der Waals surface area contributed by atoms with Crippen molar-refractivity contribution < 1.29 is 4.79 Å². The summed E-state index contributed by atoms with van der Waals surface area (Å²) < 4.78 is 0. The van der Waals surface area contributed by atoms with Crippen LogP contribution in [-0.2, 0) is 4.79 Å². The van der Waals surface area contributed by atoms with E-state index in [1.54, 1.807) is 0 Å². The van der Waals surface area contributed by atoms with Crippen LogP contribution in [0.25, 0.3) is 0 Å². The van der Waals surface area contributed by atoms with Crippen molar-refractivity contribution in [2.45, 2.75) is 6.42 Å². The van der Waals surface area contributed by atoms with Gasteiger partial charge in [-0.3, -0.25) is 4.79 Å². The molecule has 0 amide bonds. The number of rotatable bonds is 2. The lowest BCUT2D eigenvalue weighted by atomic mass is 10.4. The first-order valence-electron chi connectivity index (χ1n) is 2.00. The van der Waals surface area contributed by atoms with Crippen LogP contribution < -0.4 is 0 Å². The fourth-order valence-electron chi connectivity index (χ4n) is 0.204. The molecule has 0 saturated heterocycles. The van der Waals surface area contributed by atoms with Crippen LogP contribution in [0.3, 0.4) is 0 Å². The van der Waals surface area contributed by atoms with E-state index in [1.165, 1.54) is 6.08 Å². The zero-order valence-electron chi connectivity index (χ0n) is 4.10. The summed E-state index contributed by atoms with van der Waals surface area (Å²) in [6, 6.07) is 1.83. The van der Waals surface area contributed by atoms with Crippen molar-refractivity contribution in [1.82, 2.24) is 0 Å². The van der Waals surface area contributed by atoms with Crippen molar-refractivity contribution in [3.8, 4) is 6.07 Å². The van der Waals surface area contributed by atoms with Gasteiger partial charge in [-0.25, -0.2) is 0 Å². The molecule has 0 aromatic carbocycles. The minimum Gasteiger partial charge on any atom is -0.276 e. The average molecular weight is 130 g/mol. The second-order valence-electron chi connectivity index (χ2n) is 1.07. The summed E-state index contributed by atoms with van der Waals surface area (Å²) in [7, 11) is 0. The van der Waals surface area contributed by atoms with Crippen LogP contribution >= 0.6 is 11.6 Å². The predicted molar refractivity (Wildman–Crippen MR) is 30.2 cm³/mol. The van der Waals surface area contributed by atoms with E-state index in [0.29, 0.717) is 0 Å². The van der Waals surface area contributed by atoms with E-state index in [-0.39, 0.29) is 6.42 Å². The molecule has 0 atom stereocenters. The summed E-state index contributed by atoms with van der Waals surface area (Å²) in [5.41, 5.74) is 0. The molecule has 0 aliphatic rings. The van der Waals surface area contributed by atoms with Gasteiger partial charge in [-0.15, -0.1) is 0 Å². The van der Waals surface area contributed by atoms with Gasteiger partial charge in [0.1, 0.15) is 0 Å². The van der Waals surface area contributed by atoms with Crippen molar-refractivity contribution in [3.05, 3.63) is 12.2 Å². The number of halogens is 1. The van der Waals surface area contributed by atoms with Crippen LogP contribution in [0, 0.1) is 11.3 Å². The molecule has 0 aromatic heterocycles. The topological polar surface area (TPSA) is 40.9 Å². The first-order valence-corrected chi connectivity index (χ1v) is 2.38. The minimum absolute atomic E-state index is 0.235. The molecule has 3 heteroatoms. The van der Waals surface area contributed by atoms with Gasteiger partial charge in [0.2, 0.25) is 5.24 Å². The molecular weight excluding hydrogens is 126 g/mol. The highest BCUT2D eigenvalue weighted by Gasteiger charge is 1.81. The third-order valence-electron chi connectivity index (χ3n) is 0.458. The van der Waals surface area contributed by atoms with Crippen LogP contribution in [0.4, 0.5) is 0 Å². The Morgan fingerprint density at radius 1 is 1.88 bits per heavy atom. The summed E-state index contributed by atoms with van der Waals surface area (Å²) in [6.45, 7) is 0. The van der Waals surface area contributed by atoms with Crippen molar-refractivity contribution in [2.24, 2.45) is 0 Å². The average Bonchev–Trinajstić information content (AvgIpc) is 1.66. The van der Waals surface area contributed by atoms with E-state index >= 15 is 0 Å². The van der Waals surface area contributed by atoms with Crippen LogP contribution in [0.5, 0.6) is 0 Å². The molecule has 0 spiro atoms. The molecule has 0 saturated carbocycles. The molecule has 0 bridgehead atoms. The number of allylic oxidation sites excluding steroid dienone is 2. The smallest absolute Gasteiger partial charge is 0.244 e. The summed E-state index contributed by atoms with van der Waals surface area (Å²) >= 11 is 4.88. The maximum atomic E-state index is 9.89. The van der Waals surface area contributed by atoms with E-state index in [9.17, 15) is 4.79 Å². The Bertz CT molecular complexity index is 145. The Morgan fingerprint density at radius 3 is 2.88 bits per heavy atom. The molecule has 0 aromatic rings. The zero-order valence-corrected chi connectivity index (χ0v) is 4.85. The molecule has 0 rings (SSSR count). The van der Waals surface area contributed by atoms with E-state index in [0.717, 1.165) is 6.08 Å². The van der Waals surface area contributed by atoms with Crippen LogP contribution in [0.2, 0.25) is 0 Å². The Balaban J connectivity index is 3.38. The van der Waals surface area contributed by atoms with Gasteiger partial charge in [-0.1, -0.05) is 6.08 Å². The fourth-order valence-corrected chi connectivity index (χ4v) is 0.293. The molecule has 0 unspecified atom stereocenters. The molecule has 0 radical (unpaired) electrons. The molecule has 8 heavy (non-hydrogen) atoms. The lowest BCUT2D eigenvalue weighted by Gasteiger charge is -1.70. The maximum Gasteiger partial charge on any atom is 0.244 e. The molecule has 0 aliphatic heterocycles. The summed E-state index contributed by atoms with van der Waals surface area (Å²) in [5.74, 6) is 0. The number of hydrogen-bond acceptors (Lipinski definition) is 2. The van der Waals surface area contributed by atoms with Crippen molar-refractivity contribution in [2.75, 3.05) is 0 Å². The third-order valence-corrected chi connectivity index (χ3v) is 0.584. The van der Waals surface area contributed by atoms with Crippen LogP contribution in [0.15, 0.2) is 12.2 Å². The highest BCUT2D eigenvalue weighted by atomic mass is 35.5. The second-order valence-corrected chi connectivity index (χ2v) is 1.44. The Hall–Kier alpha value is -0.810. The number of carbonyl (C=O) groups is 1. The fraction of sp³-hybridized carbons (Fsp3) is 0.200. The highest BCUT2D eigenvalue weighted by Crippen LogP contribution is 1.84. The zero-order chi connectivity index (χ0) is 6.41. The van der Waals surface area contributed by atoms with Crippen molar-refractivity contribution >= 4 is 16.8 Å². The van der Waals surface area contributed by atoms with E-state index in [4.69, 9.17) is 16.9 Å². The number of nitriles is 1. The Kier molecular flexibility index (Phi) is 3.91. The maximum absolute atomic E-state index is 9.89.